The van der Waals surface area contributed by atoms with Crippen molar-refractivity contribution in [3.05, 3.63) is 41.2 Å². The smallest absolute Gasteiger partial charge is 0.132 e. The normalized spacial score (nSPS) is 10.5. The summed E-state index contributed by atoms with van der Waals surface area (Å²) in [6.07, 6.45) is 0. The summed E-state index contributed by atoms with van der Waals surface area (Å²) in [5.74, 6) is 1.62. The van der Waals surface area contributed by atoms with E-state index in [0.29, 0.717) is 6.61 Å². The molecular formula is C14H19N3O2. The first-order valence-electron chi connectivity index (χ1n) is 6.18. The highest BCUT2D eigenvalue weighted by Gasteiger charge is 2.09. The van der Waals surface area contributed by atoms with Gasteiger partial charge in [-0.3, -0.25) is 5.10 Å². The van der Waals surface area contributed by atoms with Crippen molar-refractivity contribution < 1.29 is 9.47 Å². The summed E-state index contributed by atoms with van der Waals surface area (Å²) in [7, 11) is 3.56. The minimum Gasteiger partial charge on any atom is -0.497 e. The van der Waals surface area contributed by atoms with Gasteiger partial charge in [-0.05, 0) is 38.2 Å². The molecule has 0 aliphatic carbocycles. The molecule has 0 spiro atoms. The maximum Gasteiger partial charge on any atom is 0.132 e. The first-order chi connectivity index (χ1) is 9.24. The Labute approximate surface area is 112 Å². The molecule has 2 aromatic rings. The lowest BCUT2D eigenvalue weighted by molar-refractivity contribution is 0.299. The average molecular weight is 261 g/mol. The van der Waals surface area contributed by atoms with Gasteiger partial charge in [0.25, 0.3) is 0 Å². The molecule has 0 saturated heterocycles. The zero-order valence-electron chi connectivity index (χ0n) is 11.5. The molecule has 1 aromatic heterocycles. The number of aromatic nitrogens is 2. The number of ether oxygens (including phenoxy) is 2. The Kier molecular flexibility index (Phi) is 4.41. The van der Waals surface area contributed by atoms with Crippen LogP contribution in [0, 0.1) is 6.92 Å². The molecule has 0 saturated carbocycles. The van der Waals surface area contributed by atoms with Crippen molar-refractivity contribution in [2.75, 3.05) is 14.2 Å². The van der Waals surface area contributed by atoms with Gasteiger partial charge in [0, 0.05) is 17.8 Å². The zero-order valence-corrected chi connectivity index (χ0v) is 11.5. The monoisotopic (exact) mass is 261 g/mol. The lowest BCUT2D eigenvalue weighted by Gasteiger charge is -2.07. The van der Waals surface area contributed by atoms with Gasteiger partial charge in [-0.2, -0.15) is 5.10 Å². The van der Waals surface area contributed by atoms with E-state index < -0.39 is 0 Å². The molecule has 0 radical (unpaired) electrons. The third-order valence-corrected chi connectivity index (χ3v) is 2.95. The minimum absolute atomic E-state index is 0.452. The number of H-pyrrole nitrogens is 1. The van der Waals surface area contributed by atoms with E-state index in [-0.39, 0.29) is 0 Å². The number of benzene rings is 1. The molecule has 0 aliphatic rings. The van der Waals surface area contributed by atoms with E-state index in [1.807, 2.05) is 38.2 Å². The molecule has 1 aromatic carbocycles. The van der Waals surface area contributed by atoms with Crippen molar-refractivity contribution in [2.24, 2.45) is 0 Å². The summed E-state index contributed by atoms with van der Waals surface area (Å²) < 4.78 is 10.8. The fourth-order valence-corrected chi connectivity index (χ4v) is 1.86. The standard InChI is InChI=1S/C14H19N3O2/c1-10-13(8-15-2)14(17-16-10)9-19-12-6-4-11(18-3)5-7-12/h4-7,15H,8-9H2,1-3H3,(H,16,17). The number of hydrogen-bond acceptors (Lipinski definition) is 4. The number of aromatic amines is 1. The first kappa shape index (κ1) is 13.4. The van der Waals surface area contributed by atoms with Crippen molar-refractivity contribution in [1.82, 2.24) is 15.5 Å². The summed E-state index contributed by atoms with van der Waals surface area (Å²) >= 11 is 0. The van der Waals surface area contributed by atoms with Gasteiger partial charge in [0.15, 0.2) is 0 Å². The molecule has 5 nitrogen and oxygen atoms in total. The molecule has 5 heteroatoms. The van der Waals surface area contributed by atoms with Crippen molar-refractivity contribution in [2.45, 2.75) is 20.1 Å². The second-order valence-electron chi connectivity index (χ2n) is 4.27. The Morgan fingerprint density at radius 2 is 1.89 bits per heavy atom. The Morgan fingerprint density at radius 3 is 2.53 bits per heavy atom. The number of rotatable bonds is 6. The Morgan fingerprint density at radius 1 is 1.21 bits per heavy atom. The van der Waals surface area contributed by atoms with Gasteiger partial charge in [-0.1, -0.05) is 0 Å². The van der Waals surface area contributed by atoms with E-state index in [9.17, 15) is 0 Å². The minimum atomic E-state index is 0.452. The molecule has 102 valence electrons. The number of aryl methyl sites for hydroxylation is 1. The van der Waals surface area contributed by atoms with Crippen LogP contribution in [0.5, 0.6) is 11.5 Å². The maximum atomic E-state index is 5.73. The van der Waals surface area contributed by atoms with Crippen molar-refractivity contribution in [3.63, 3.8) is 0 Å². The highest BCUT2D eigenvalue weighted by molar-refractivity contribution is 5.31. The zero-order chi connectivity index (χ0) is 13.7. The van der Waals surface area contributed by atoms with E-state index in [0.717, 1.165) is 35.0 Å². The van der Waals surface area contributed by atoms with Gasteiger partial charge < -0.3 is 14.8 Å². The predicted octanol–water partition coefficient (Wildman–Crippen LogP) is 2.03. The molecule has 2 rings (SSSR count). The summed E-state index contributed by atoms with van der Waals surface area (Å²) in [5.41, 5.74) is 3.17. The van der Waals surface area contributed by atoms with Crippen molar-refractivity contribution in [3.8, 4) is 11.5 Å². The van der Waals surface area contributed by atoms with Crippen LogP contribution in [0.25, 0.3) is 0 Å². The Balaban J connectivity index is 2.01. The van der Waals surface area contributed by atoms with Crippen LogP contribution in [-0.2, 0) is 13.2 Å². The third kappa shape index (κ3) is 3.26. The number of methoxy groups -OCH3 is 1. The van der Waals surface area contributed by atoms with Gasteiger partial charge in [-0.15, -0.1) is 0 Å². The van der Waals surface area contributed by atoms with Gasteiger partial charge in [0.2, 0.25) is 0 Å². The number of nitrogens with zero attached hydrogens (tertiary/aromatic N) is 1. The highest BCUT2D eigenvalue weighted by atomic mass is 16.5. The first-order valence-corrected chi connectivity index (χ1v) is 6.18. The van der Waals surface area contributed by atoms with Gasteiger partial charge in [0.05, 0.1) is 7.11 Å². The molecule has 1 heterocycles. The lowest BCUT2D eigenvalue weighted by Crippen LogP contribution is -2.09. The van der Waals surface area contributed by atoms with Gasteiger partial charge in [0.1, 0.15) is 23.8 Å². The van der Waals surface area contributed by atoms with Gasteiger partial charge >= 0.3 is 0 Å². The van der Waals surface area contributed by atoms with Crippen LogP contribution in [0.3, 0.4) is 0 Å². The largest absolute Gasteiger partial charge is 0.497 e. The van der Waals surface area contributed by atoms with Crippen LogP contribution >= 0.6 is 0 Å². The fourth-order valence-electron chi connectivity index (χ4n) is 1.86. The fraction of sp³-hybridized carbons (Fsp3) is 0.357. The summed E-state index contributed by atoms with van der Waals surface area (Å²) in [6, 6.07) is 7.52. The van der Waals surface area contributed by atoms with Crippen LogP contribution in [0.15, 0.2) is 24.3 Å². The average Bonchev–Trinajstić information content (AvgIpc) is 2.79. The van der Waals surface area contributed by atoms with Crippen LogP contribution in [-0.4, -0.2) is 24.4 Å². The van der Waals surface area contributed by atoms with Gasteiger partial charge in [-0.25, -0.2) is 0 Å². The van der Waals surface area contributed by atoms with E-state index in [1.165, 1.54) is 0 Å². The topological polar surface area (TPSA) is 59.2 Å². The molecular weight excluding hydrogens is 242 g/mol. The van der Waals surface area contributed by atoms with Crippen LogP contribution in [0.1, 0.15) is 17.0 Å². The summed E-state index contributed by atoms with van der Waals surface area (Å²) in [4.78, 5) is 0. The summed E-state index contributed by atoms with van der Waals surface area (Å²) in [6.45, 7) is 3.24. The quantitative estimate of drug-likeness (QED) is 0.835. The highest BCUT2D eigenvalue weighted by Crippen LogP contribution is 2.19. The summed E-state index contributed by atoms with van der Waals surface area (Å²) in [5, 5.41) is 10.4. The van der Waals surface area contributed by atoms with E-state index in [1.54, 1.807) is 7.11 Å². The van der Waals surface area contributed by atoms with E-state index >= 15 is 0 Å². The molecule has 0 fully saturated rings. The third-order valence-electron chi connectivity index (χ3n) is 2.95. The molecule has 2 N–H and O–H groups in total. The predicted molar refractivity (Wildman–Crippen MR) is 73.4 cm³/mol. The second kappa shape index (κ2) is 6.24. The molecule has 0 unspecified atom stereocenters. The lowest BCUT2D eigenvalue weighted by atomic mass is 10.2. The van der Waals surface area contributed by atoms with Crippen molar-refractivity contribution in [1.29, 1.82) is 0 Å². The van der Waals surface area contributed by atoms with E-state index in [4.69, 9.17) is 9.47 Å². The molecule has 0 atom stereocenters. The SMILES string of the molecule is CNCc1c(COc2ccc(OC)cc2)n[nH]c1C. The molecule has 0 aliphatic heterocycles. The van der Waals surface area contributed by atoms with Crippen LogP contribution in [0.2, 0.25) is 0 Å². The molecule has 0 amide bonds. The number of hydrogen-bond donors (Lipinski definition) is 2. The van der Waals surface area contributed by atoms with E-state index in [2.05, 4.69) is 15.5 Å². The molecule has 0 bridgehead atoms. The molecule has 19 heavy (non-hydrogen) atoms. The Bertz CT molecular complexity index is 520. The number of nitrogens with one attached hydrogen (secondary N) is 2. The van der Waals surface area contributed by atoms with Crippen molar-refractivity contribution >= 4 is 0 Å². The van der Waals surface area contributed by atoms with Crippen LogP contribution < -0.4 is 14.8 Å². The van der Waals surface area contributed by atoms with Crippen LogP contribution in [0.4, 0.5) is 0 Å². The maximum absolute atomic E-state index is 5.73. The second-order valence-corrected chi connectivity index (χ2v) is 4.27. The Hall–Kier alpha value is -2.01.